The van der Waals surface area contributed by atoms with E-state index in [-0.39, 0.29) is 22.3 Å². The number of aromatic hydroxyl groups is 1. The van der Waals surface area contributed by atoms with Gasteiger partial charge in [-0.25, -0.2) is 0 Å². The molecule has 0 aliphatic heterocycles. The molecular formula is C16H11NO3S. The quantitative estimate of drug-likeness (QED) is 0.652. The van der Waals surface area contributed by atoms with E-state index in [2.05, 4.69) is 4.98 Å². The molecule has 0 radical (unpaired) electrons. The highest BCUT2D eigenvalue weighted by Crippen LogP contribution is 2.23. The van der Waals surface area contributed by atoms with E-state index in [1.54, 1.807) is 24.3 Å². The maximum Gasteiger partial charge on any atom is 0.269 e. The van der Waals surface area contributed by atoms with Gasteiger partial charge in [0.2, 0.25) is 5.88 Å². The van der Waals surface area contributed by atoms with Crippen molar-refractivity contribution in [3.63, 3.8) is 0 Å². The van der Waals surface area contributed by atoms with Crippen molar-refractivity contribution < 1.29 is 14.3 Å². The first kappa shape index (κ1) is 13.3. The minimum atomic E-state index is -0.134. The van der Waals surface area contributed by atoms with Crippen molar-refractivity contribution in [2.75, 3.05) is 0 Å². The van der Waals surface area contributed by atoms with Gasteiger partial charge >= 0.3 is 0 Å². The topological polar surface area (TPSA) is 66.2 Å². The van der Waals surface area contributed by atoms with E-state index in [9.17, 15) is 9.90 Å². The van der Waals surface area contributed by atoms with Crippen LogP contribution >= 0.6 is 12.2 Å². The molecule has 1 aromatic heterocycles. The lowest BCUT2D eigenvalue weighted by Crippen LogP contribution is -2.07. The van der Waals surface area contributed by atoms with Crippen LogP contribution in [0.3, 0.4) is 0 Å². The third-order valence-electron chi connectivity index (χ3n) is 3.09. The summed E-state index contributed by atoms with van der Waals surface area (Å²) < 4.78 is 5.08. The monoisotopic (exact) mass is 297 g/mol. The van der Waals surface area contributed by atoms with Crippen LogP contribution in [-0.2, 0) is 0 Å². The predicted molar refractivity (Wildman–Crippen MR) is 82.5 cm³/mol. The van der Waals surface area contributed by atoms with Crippen LogP contribution in [-0.4, -0.2) is 15.9 Å². The summed E-state index contributed by atoms with van der Waals surface area (Å²) in [5.74, 6) is 0.0620. The summed E-state index contributed by atoms with van der Waals surface area (Å²) in [7, 11) is 0. The molecule has 1 aromatic carbocycles. The van der Waals surface area contributed by atoms with Gasteiger partial charge in [0, 0.05) is 11.1 Å². The molecule has 0 saturated carbocycles. The van der Waals surface area contributed by atoms with Crippen LogP contribution in [0, 0.1) is 4.84 Å². The summed E-state index contributed by atoms with van der Waals surface area (Å²) in [5.41, 5.74) is 2.16. The second-order valence-electron chi connectivity index (χ2n) is 4.46. The number of fused-ring (bicyclic) bond motifs is 1. The molecule has 2 aromatic rings. The van der Waals surface area contributed by atoms with Gasteiger partial charge in [0.25, 0.3) is 4.84 Å². The summed E-state index contributed by atoms with van der Waals surface area (Å²) in [6.07, 6.45) is 8.50. The molecule has 21 heavy (non-hydrogen) atoms. The fraction of sp³-hybridized carbons (Fsp3) is 0. The fourth-order valence-electron chi connectivity index (χ4n) is 2.08. The number of rotatable bonds is 2. The Hall–Kier alpha value is -2.66. The molecule has 0 unspecified atom stereocenters. The number of allylic oxidation sites excluding steroid dienone is 4. The molecule has 2 N–H and O–H groups in total. The Kier molecular flexibility index (Phi) is 3.41. The Bertz CT molecular complexity index is 852. The summed E-state index contributed by atoms with van der Waals surface area (Å²) >= 11 is 4.76. The molecule has 1 aliphatic rings. The third kappa shape index (κ3) is 2.64. The maximum atomic E-state index is 12.3. The summed E-state index contributed by atoms with van der Waals surface area (Å²) in [4.78, 5) is 14.8. The van der Waals surface area contributed by atoms with Gasteiger partial charge in [0.15, 0.2) is 11.5 Å². The van der Waals surface area contributed by atoms with Crippen molar-refractivity contribution in [1.29, 1.82) is 0 Å². The predicted octanol–water partition coefficient (Wildman–Crippen LogP) is 3.89. The van der Waals surface area contributed by atoms with Crippen molar-refractivity contribution in [3.8, 4) is 5.88 Å². The number of nitrogens with one attached hydrogen (secondary N) is 1. The minimum absolute atomic E-state index is 0.0306. The van der Waals surface area contributed by atoms with Gasteiger partial charge in [-0.05, 0) is 23.9 Å². The molecule has 1 aliphatic carbocycles. The van der Waals surface area contributed by atoms with E-state index >= 15 is 0 Å². The van der Waals surface area contributed by atoms with E-state index in [4.69, 9.17) is 16.6 Å². The van der Waals surface area contributed by atoms with Gasteiger partial charge in [-0.1, -0.05) is 48.6 Å². The van der Waals surface area contributed by atoms with Crippen LogP contribution in [0.4, 0.5) is 0 Å². The Morgan fingerprint density at radius 2 is 2.05 bits per heavy atom. The Morgan fingerprint density at radius 1 is 1.24 bits per heavy atom. The highest BCUT2D eigenvalue weighted by atomic mass is 32.1. The average molecular weight is 297 g/mol. The summed E-state index contributed by atoms with van der Waals surface area (Å²) in [6, 6.07) is 7.44. The largest absolute Gasteiger partial charge is 0.492 e. The van der Waals surface area contributed by atoms with Crippen molar-refractivity contribution in [2.24, 2.45) is 0 Å². The lowest BCUT2D eigenvalue weighted by molar-refractivity contribution is 0.103. The Balaban J connectivity index is 1.87. The number of aromatic nitrogens is 1. The second-order valence-corrected chi connectivity index (χ2v) is 4.83. The van der Waals surface area contributed by atoms with Crippen molar-refractivity contribution in [1.82, 2.24) is 4.98 Å². The number of hydrogen-bond acceptors (Lipinski definition) is 4. The zero-order valence-corrected chi connectivity index (χ0v) is 11.7. The molecule has 0 spiro atoms. The van der Waals surface area contributed by atoms with Crippen molar-refractivity contribution in [2.45, 2.75) is 0 Å². The minimum Gasteiger partial charge on any atom is -0.492 e. The Morgan fingerprint density at radius 3 is 2.81 bits per heavy atom. The number of oxazole rings is 1. The molecule has 1 heterocycles. The SMILES string of the molecule is O=C1C(=CC=Cc2oc(=S)[nH]c2O)C=Cc2ccccc21. The zero-order valence-electron chi connectivity index (χ0n) is 10.9. The van der Waals surface area contributed by atoms with E-state index in [1.807, 2.05) is 24.3 Å². The third-order valence-corrected chi connectivity index (χ3v) is 3.28. The first-order chi connectivity index (χ1) is 10.1. The number of ketones is 1. The number of H-pyrrole nitrogens is 1. The summed E-state index contributed by atoms with van der Waals surface area (Å²) in [5, 5.41) is 9.48. The molecule has 5 heteroatoms. The first-order valence-electron chi connectivity index (χ1n) is 6.27. The van der Waals surface area contributed by atoms with E-state index in [0.717, 1.165) is 5.56 Å². The standard InChI is InChI=1S/C16H11NO3S/c18-14-11(9-8-10-4-1-2-6-12(10)14)5-3-7-13-15(19)17-16(21)20-13/h1-9,19H,(H,17,21). The fourth-order valence-corrected chi connectivity index (χ4v) is 2.26. The maximum absolute atomic E-state index is 12.3. The highest BCUT2D eigenvalue weighted by Gasteiger charge is 2.16. The van der Waals surface area contributed by atoms with Gasteiger partial charge in [0.05, 0.1) is 0 Å². The number of carbonyl (C=O) groups is 1. The van der Waals surface area contributed by atoms with Crippen LogP contribution < -0.4 is 0 Å². The van der Waals surface area contributed by atoms with Crippen LogP contribution in [0.25, 0.3) is 12.2 Å². The lowest BCUT2D eigenvalue weighted by atomic mass is 9.92. The molecule has 0 atom stereocenters. The number of benzene rings is 1. The van der Waals surface area contributed by atoms with Crippen molar-refractivity contribution >= 4 is 30.2 Å². The van der Waals surface area contributed by atoms with Crippen LogP contribution in [0.2, 0.25) is 0 Å². The van der Waals surface area contributed by atoms with E-state index in [1.165, 1.54) is 6.08 Å². The highest BCUT2D eigenvalue weighted by molar-refractivity contribution is 7.71. The molecule has 4 nitrogen and oxygen atoms in total. The van der Waals surface area contributed by atoms with Gasteiger partial charge < -0.3 is 9.52 Å². The normalized spacial score (nSPS) is 15.8. The molecule has 3 rings (SSSR count). The molecule has 0 fully saturated rings. The van der Waals surface area contributed by atoms with Crippen molar-refractivity contribution in [3.05, 3.63) is 69.8 Å². The number of carbonyl (C=O) groups excluding carboxylic acids is 1. The van der Waals surface area contributed by atoms with Crippen LogP contribution in [0.15, 0.2) is 52.5 Å². The Labute approximate surface area is 125 Å². The molecule has 104 valence electrons. The number of aromatic amines is 1. The smallest absolute Gasteiger partial charge is 0.269 e. The lowest BCUT2D eigenvalue weighted by Gasteiger charge is -2.10. The van der Waals surface area contributed by atoms with Gasteiger partial charge in [-0.3, -0.25) is 9.78 Å². The molecule has 0 saturated heterocycles. The molecule has 0 bridgehead atoms. The number of Topliss-reactive ketones (excluding diaryl/α,β-unsaturated/α-hetero) is 1. The molecule has 0 amide bonds. The van der Waals surface area contributed by atoms with Crippen LogP contribution in [0.5, 0.6) is 5.88 Å². The van der Waals surface area contributed by atoms with E-state index < -0.39 is 0 Å². The first-order valence-corrected chi connectivity index (χ1v) is 6.68. The zero-order chi connectivity index (χ0) is 14.8. The number of hydrogen-bond donors (Lipinski definition) is 2. The van der Waals surface area contributed by atoms with E-state index in [0.29, 0.717) is 11.1 Å². The second kappa shape index (κ2) is 5.38. The van der Waals surface area contributed by atoms with Gasteiger partial charge in [-0.2, -0.15) is 0 Å². The van der Waals surface area contributed by atoms with Crippen LogP contribution in [0.1, 0.15) is 21.7 Å². The molecular weight excluding hydrogens is 286 g/mol. The summed E-state index contributed by atoms with van der Waals surface area (Å²) in [6.45, 7) is 0. The average Bonchev–Trinajstić information content (AvgIpc) is 2.80. The van der Waals surface area contributed by atoms with Gasteiger partial charge in [-0.15, -0.1) is 0 Å². The van der Waals surface area contributed by atoms with Gasteiger partial charge in [0.1, 0.15) is 0 Å².